The van der Waals surface area contributed by atoms with Gasteiger partial charge in [0.1, 0.15) is 40.1 Å². The van der Waals surface area contributed by atoms with Gasteiger partial charge in [0.05, 0.1) is 12.8 Å². The number of amidine groups is 1. The van der Waals surface area contributed by atoms with E-state index in [1.165, 1.54) is 19.9 Å². The van der Waals surface area contributed by atoms with Gasteiger partial charge in [-0.05, 0) is 44.5 Å². The third kappa shape index (κ3) is 5.53. The molecule has 2 atom stereocenters. The predicted octanol–water partition coefficient (Wildman–Crippen LogP) is 4.13. The van der Waals surface area contributed by atoms with Crippen molar-refractivity contribution in [1.29, 1.82) is 0 Å². The monoisotopic (exact) mass is 519 g/mol. The average molecular weight is 519 g/mol. The Bertz CT molecular complexity index is 1200. The number of ether oxygens (including phenoxy) is 2. The number of halogens is 6. The molecule has 1 amide bonds. The van der Waals surface area contributed by atoms with Gasteiger partial charge in [-0.3, -0.25) is 9.79 Å². The highest BCUT2D eigenvalue weighted by atomic mass is 19.4. The zero-order chi connectivity index (χ0) is 27.1. The Balaban J connectivity index is 1.84. The smallest absolute Gasteiger partial charge is 0.424 e. The second kappa shape index (κ2) is 9.22. The summed E-state index contributed by atoms with van der Waals surface area (Å²) >= 11 is 0. The number of carbonyl (C=O) groups is 1. The molecule has 14 heteroatoms. The van der Waals surface area contributed by atoms with Gasteiger partial charge in [-0.15, -0.1) is 0 Å². The van der Waals surface area contributed by atoms with Crippen LogP contribution in [0.25, 0.3) is 0 Å². The van der Waals surface area contributed by atoms with Gasteiger partial charge in [-0.2, -0.15) is 13.2 Å². The lowest BCUT2D eigenvalue weighted by Gasteiger charge is -2.40. The van der Waals surface area contributed by atoms with Crippen molar-refractivity contribution in [2.75, 3.05) is 18.5 Å². The third-order valence-electron chi connectivity index (χ3n) is 5.40. The summed E-state index contributed by atoms with van der Waals surface area (Å²) in [7, 11) is 0. The summed E-state index contributed by atoms with van der Waals surface area (Å²) in [6.07, 6.45) is -3.76. The number of hydrogen-bond acceptors (Lipinski definition) is 7. The van der Waals surface area contributed by atoms with E-state index in [4.69, 9.17) is 15.2 Å². The van der Waals surface area contributed by atoms with Crippen LogP contribution in [0.5, 0.6) is 5.75 Å². The quantitative estimate of drug-likeness (QED) is 0.555. The van der Waals surface area contributed by atoms with E-state index in [2.05, 4.69) is 20.3 Å². The molecule has 0 spiro atoms. The number of anilines is 1. The van der Waals surface area contributed by atoms with Gasteiger partial charge in [0, 0.05) is 6.92 Å². The Morgan fingerprint density at radius 2 is 1.92 bits per heavy atom. The molecule has 0 aromatic carbocycles. The highest BCUT2D eigenvalue weighted by molar-refractivity contribution is 6.03. The van der Waals surface area contributed by atoms with Crippen LogP contribution in [0.1, 0.15) is 42.5 Å². The molecular weight excluding hydrogens is 496 g/mol. The fourth-order valence-corrected chi connectivity index (χ4v) is 3.25. The molecule has 2 aromatic rings. The molecule has 0 radical (unpaired) electrons. The lowest BCUT2D eigenvalue weighted by Crippen LogP contribution is -2.60. The molecule has 3 rings (SSSR count). The molecule has 0 aliphatic carbocycles. The van der Waals surface area contributed by atoms with Gasteiger partial charge in [0.25, 0.3) is 11.8 Å². The summed E-state index contributed by atoms with van der Waals surface area (Å²) in [6, 6.07) is 3.42. The zero-order valence-electron chi connectivity index (χ0n) is 19.6. The van der Waals surface area contributed by atoms with Gasteiger partial charge in [-0.25, -0.2) is 23.1 Å². The Hall–Kier alpha value is -3.42. The number of aromatic nitrogens is 2. The second-order valence-corrected chi connectivity index (χ2v) is 8.77. The standard InChI is InChI=1S/C22H23F6N5O3/c1-11-7-12(35-10-20(3,24)25)8-30-15(11)17(34)32-14-6-5-13(23)16(31-14)19(2)9-36-21(4,18(29)33-19)22(26,27)28/h5-8H,9-10H2,1-4H3,(H2,29,33)(H,31,32,34)/t19-,21+/m0/s1. The van der Waals surface area contributed by atoms with Gasteiger partial charge < -0.3 is 20.5 Å². The summed E-state index contributed by atoms with van der Waals surface area (Å²) in [4.78, 5) is 24.5. The maximum atomic E-state index is 14.6. The van der Waals surface area contributed by atoms with E-state index in [-0.39, 0.29) is 17.3 Å². The molecule has 0 saturated carbocycles. The number of nitrogens with zero attached hydrogens (tertiary/aromatic N) is 3. The van der Waals surface area contributed by atoms with Crippen molar-refractivity contribution in [1.82, 2.24) is 9.97 Å². The lowest BCUT2D eigenvalue weighted by molar-refractivity contribution is -0.249. The molecule has 0 bridgehead atoms. The SMILES string of the molecule is Cc1cc(OCC(C)(F)F)cnc1C(=O)Nc1ccc(F)c([C@]2(C)CO[C@@](C)(C(F)(F)F)C(N)=N2)n1. The van der Waals surface area contributed by atoms with Crippen molar-refractivity contribution in [3.8, 4) is 5.75 Å². The number of nitrogens with one attached hydrogen (secondary N) is 1. The molecule has 196 valence electrons. The van der Waals surface area contributed by atoms with Crippen molar-refractivity contribution < 1.29 is 40.6 Å². The number of alkyl halides is 5. The van der Waals surface area contributed by atoms with Gasteiger partial charge in [0.15, 0.2) is 6.61 Å². The summed E-state index contributed by atoms with van der Waals surface area (Å²) in [6.45, 7) is 2.62. The van der Waals surface area contributed by atoms with Crippen molar-refractivity contribution in [2.45, 2.75) is 50.9 Å². The first-order valence-electron chi connectivity index (χ1n) is 10.5. The minimum atomic E-state index is -4.85. The van der Waals surface area contributed by atoms with Gasteiger partial charge in [0.2, 0.25) is 5.60 Å². The number of aliphatic imine (C=N–C) groups is 1. The molecule has 8 nitrogen and oxygen atoms in total. The van der Waals surface area contributed by atoms with Gasteiger partial charge >= 0.3 is 6.18 Å². The van der Waals surface area contributed by atoms with E-state index in [9.17, 15) is 31.1 Å². The maximum Gasteiger partial charge on any atom is 0.424 e. The molecule has 0 unspecified atom stereocenters. The number of hydrogen-bond donors (Lipinski definition) is 2. The van der Waals surface area contributed by atoms with E-state index < -0.39 is 59.7 Å². The van der Waals surface area contributed by atoms with E-state index in [0.717, 1.165) is 18.3 Å². The average Bonchev–Trinajstić information content (AvgIpc) is 2.75. The highest BCUT2D eigenvalue weighted by Crippen LogP contribution is 2.41. The van der Waals surface area contributed by atoms with E-state index in [0.29, 0.717) is 19.4 Å². The van der Waals surface area contributed by atoms with Crippen molar-refractivity contribution >= 4 is 17.6 Å². The van der Waals surface area contributed by atoms with Crippen LogP contribution >= 0.6 is 0 Å². The Morgan fingerprint density at radius 3 is 2.47 bits per heavy atom. The Morgan fingerprint density at radius 1 is 1.25 bits per heavy atom. The number of nitrogens with two attached hydrogens (primary N) is 1. The van der Waals surface area contributed by atoms with Crippen LogP contribution in [0.15, 0.2) is 29.4 Å². The molecule has 0 saturated heterocycles. The summed E-state index contributed by atoms with van der Waals surface area (Å²) in [5.74, 6) is -5.75. The summed E-state index contributed by atoms with van der Waals surface area (Å²) in [5, 5.41) is 2.41. The fourth-order valence-electron chi connectivity index (χ4n) is 3.25. The largest absolute Gasteiger partial charge is 0.486 e. The molecule has 2 aromatic heterocycles. The van der Waals surface area contributed by atoms with Crippen molar-refractivity contribution in [3.63, 3.8) is 0 Å². The summed E-state index contributed by atoms with van der Waals surface area (Å²) in [5.41, 5.74) is 0.800. The van der Waals surface area contributed by atoms with Crippen LogP contribution < -0.4 is 15.8 Å². The summed E-state index contributed by atoms with van der Waals surface area (Å²) < 4.78 is 90.6. The Kier molecular flexibility index (Phi) is 6.96. The number of pyridine rings is 2. The van der Waals surface area contributed by atoms with Crippen LogP contribution in [0.2, 0.25) is 0 Å². The molecule has 3 heterocycles. The van der Waals surface area contributed by atoms with E-state index in [1.807, 2.05) is 0 Å². The predicted molar refractivity (Wildman–Crippen MR) is 117 cm³/mol. The number of carbonyl (C=O) groups excluding carboxylic acids is 1. The van der Waals surface area contributed by atoms with E-state index in [1.54, 1.807) is 0 Å². The number of amides is 1. The lowest BCUT2D eigenvalue weighted by atomic mass is 9.93. The minimum absolute atomic E-state index is 0.0271. The first-order valence-corrected chi connectivity index (χ1v) is 10.5. The van der Waals surface area contributed by atoms with Crippen LogP contribution in [0, 0.1) is 12.7 Å². The zero-order valence-corrected chi connectivity index (χ0v) is 19.6. The molecule has 36 heavy (non-hydrogen) atoms. The van der Waals surface area contributed by atoms with Crippen LogP contribution in [0.3, 0.4) is 0 Å². The maximum absolute atomic E-state index is 14.6. The van der Waals surface area contributed by atoms with Crippen molar-refractivity contribution in [3.05, 3.63) is 47.2 Å². The minimum Gasteiger partial charge on any atom is -0.486 e. The van der Waals surface area contributed by atoms with E-state index >= 15 is 0 Å². The van der Waals surface area contributed by atoms with Crippen LogP contribution in [-0.2, 0) is 10.3 Å². The number of aryl methyl sites for hydroxylation is 1. The number of rotatable bonds is 6. The Labute approximate surface area is 201 Å². The van der Waals surface area contributed by atoms with Crippen molar-refractivity contribution in [2.24, 2.45) is 10.7 Å². The molecule has 1 aliphatic heterocycles. The first kappa shape index (κ1) is 27.2. The van der Waals surface area contributed by atoms with Crippen LogP contribution in [0.4, 0.5) is 32.2 Å². The highest BCUT2D eigenvalue weighted by Gasteiger charge is 2.59. The second-order valence-electron chi connectivity index (χ2n) is 8.77. The molecule has 0 fully saturated rings. The topological polar surface area (TPSA) is 112 Å². The fraction of sp³-hybridized carbons (Fsp3) is 0.455. The molecule has 3 N–H and O–H groups in total. The third-order valence-corrected chi connectivity index (χ3v) is 5.40. The normalized spacial score (nSPS) is 22.7. The molecular formula is C22H23F6N5O3. The van der Waals surface area contributed by atoms with Gasteiger partial charge in [-0.1, -0.05) is 0 Å². The molecule has 1 aliphatic rings. The first-order chi connectivity index (χ1) is 16.4. The van der Waals surface area contributed by atoms with Crippen LogP contribution in [-0.4, -0.2) is 52.6 Å².